The van der Waals surface area contributed by atoms with Crippen molar-refractivity contribution in [3.05, 3.63) is 0 Å². The summed E-state index contributed by atoms with van der Waals surface area (Å²) in [6.07, 6.45) is 0.664. The molecule has 0 rings (SSSR count). The van der Waals surface area contributed by atoms with Crippen molar-refractivity contribution >= 4 is 6.09 Å². The monoisotopic (exact) mass is 216 g/mol. The highest BCUT2D eigenvalue weighted by Crippen LogP contribution is 2.09. The van der Waals surface area contributed by atoms with Crippen LogP contribution in [-0.2, 0) is 4.74 Å². The molecular formula is C11H24N2O2. The molecule has 90 valence electrons. The molecule has 0 radical (unpaired) electrons. The molecule has 0 fully saturated rings. The lowest BCUT2D eigenvalue weighted by Crippen LogP contribution is -2.36. The highest BCUT2D eigenvalue weighted by atomic mass is 16.6. The van der Waals surface area contributed by atoms with E-state index in [-0.39, 0.29) is 6.09 Å². The molecule has 4 nitrogen and oxygen atoms in total. The van der Waals surface area contributed by atoms with Gasteiger partial charge in [0.25, 0.3) is 0 Å². The summed E-state index contributed by atoms with van der Waals surface area (Å²) in [4.78, 5) is 13.2. The van der Waals surface area contributed by atoms with Gasteiger partial charge in [0, 0.05) is 19.6 Å². The van der Waals surface area contributed by atoms with Crippen molar-refractivity contribution in [2.75, 3.05) is 20.6 Å². The molecule has 4 heteroatoms. The van der Waals surface area contributed by atoms with E-state index in [1.165, 1.54) is 0 Å². The largest absolute Gasteiger partial charge is 0.444 e. The summed E-state index contributed by atoms with van der Waals surface area (Å²) in [6, 6.07) is 0.412. The van der Waals surface area contributed by atoms with Crippen molar-refractivity contribution in [1.29, 1.82) is 0 Å². The number of nitrogens with zero attached hydrogens (tertiary/aromatic N) is 1. The smallest absolute Gasteiger partial charge is 0.410 e. The maximum absolute atomic E-state index is 11.5. The third-order valence-corrected chi connectivity index (χ3v) is 2.10. The second-order valence-corrected chi connectivity index (χ2v) is 4.88. The second-order valence-electron chi connectivity index (χ2n) is 4.88. The van der Waals surface area contributed by atoms with Crippen LogP contribution in [-0.4, -0.2) is 43.3 Å². The Bertz CT molecular complexity index is 199. The molecule has 0 aromatic carbocycles. The Labute approximate surface area is 93.0 Å². The molecular weight excluding hydrogens is 192 g/mol. The van der Waals surface area contributed by atoms with E-state index in [4.69, 9.17) is 4.74 Å². The molecule has 1 amide bonds. The lowest BCUT2D eigenvalue weighted by Gasteiger charge is -2.25. The fourth-order valence-corrected chi connectivity index (χ4v) is 0.963. The Morgan fingerprint density at radius 2 is 2.00 bits per heavy atom. The number of nitrogens with one attached hydrogen (secondary N) is 1. The van der Waals surface area contributed by atoms with E-state index in [1.54, 1.807) is 11.9 Å². The number of carbonyl (C=O) groups is 1. The number of hydrogen-bond acceptors (Lipinski definition) is 3. The third-order valence-electron chi connectivity index (χ3n) is 2.10. The van der Waals surface area contributed by atoms with Gasteiger partial charge in [0.05, 0.1) is 0 Å². The molecule has 1 unspecified atom stereocenters. The molecule has 0 heterocycles. The molecule has 0 saturated carbocycles. The molecule has 0 aliphatic heterocycles. The van der Waals surface area contributed by atoms with Crippen molar-refractivity contribution in [1.82, 2.24) is 10.2 Å². The van der Waals surface area contributed by atoms with Gasteiger partial charge in [0.2, 0.25) is 0 Å². The maximum atomic E-state index is 11.5. The first kappa shape index (κ1) is 14.2. The van der Waals surface area contributed by atoms with Gasteiger partial charge in [-0.2, -0.15) is 0 Å². The second kappa shape index (κ2) is 5.95. The van der Waals surface area contributed by atoms with E-state index in [9.17, 15) is 4.79 Å². The minimum absolute atomic E-state index is 0.259. The summed E-state index contributed by atoms with van der Waals surface area (Å²) in [5, 5.41) is 3.13. The number of rotatable bonds is 4. The Morgan fingerprint density at radius 1 is 1.47 bits per heavy atom. The Balaban J connectivity index is 3.90. The van der Waals surface area contributed by atoms with Crippen LogP contribution in [0.5, 0.6) is 0 Å². The number of carbonyl (C=O) groups excluding carboxylic acids is 1. The van der Waals surface area contributed by atoms with Crippen molar-refractivity contribution < 1.29 is 9.53 Å². The van der Waals surface area contributed by atoms with Crippen LogP contribution >= 0.6 is 0 Å². The molecule has 0 aromatic heterocycles. The minimum atomic E-state index is -0.417. The van der Waals surface area contributed by atoms with Crippen LogP contribution in [0, 0.1) is 0 Å². The fourth-order valence-electron chi connectivity index (χ4n) is 0.963. The molecule has 0 saturated heterocycles. The van der Waals surface area contributed by atoms with Crippen molar-refractivity contribution in [3.8, 4) is 0 Å². The van der Waals surface area contributed by atoms with E-state index >= 15 is 0 Å². The zero-order valence-corrected chi connectivity index (χ0v) is 10.8. The molecule has 0 aromatic rings. The van der Waals surface area contributed by atoms with Gasteiger partial charge in [-0.15, -0.1) is 0 Å². The van der Waals surface area contributed by atoms with Gasteiger partial charge in [0.1, 0.15) is 5.60 Å². The van der Waals surface area contributed by atoms with E-state index in [0.29, 0.717) is 12.6 Å². The standard InChI is InChI=1S/C11H24N2O2/c1-9(12-5)7-8-13(6)10(14)15-11(2,3)4/h9,12H,7-8H2,1-6H3. The summed E-state index contributed by atoms with van der Waals surface area (Å²) < 4.78 is 5.23. The number of hydrogen-bond donors (Lipinski definition) is 1. The van der Waals surface area contributed by atoms with Crippen LogP contribution in [0.1, 0.15) is 34.1 Å². The van der Waals surface area contributed by atoms with Gasteiger partial charge in [0.15, 0.2) is 0 Å². The van der Waals surface area contributed by atoms with Crippen LogP contribution in [0.4, 0.5) is 4.79 Å². The summed E-state index contributed by atoms with van der Waals surface area (Å²) in [6.45, 7) is 8.40. The van der Waals surface area contributed by atoms with Crippen molar-refractivity contribution in [2.45, 2.75) is 45.8 Å². The summed E-state index contributed by atoms with van der Waals surface area (Å²) >= 11 is 0. The first-order valence-electron chi connectivity index (χ1n) is 5.37. The summed E-state index contributed by atoms with van der Waals surface area (Å²) in [7, 11) is 3.68. The molecule has 0 bridgehead atoms. The van der Waals surface area contributed by atoms with Crippen LogP contribution in [0.25, 0.3) is 0 Å². The van der Waals surface area contributed by atoms with Gasteiger partial charge >= 0.3 is 6.09 Å². The van der Waals surface area contributed by atoms with Crippen LogP contribution < -0.4 is 5.32 Å². The normalized spacial score (nSPS) is 13.5. The third kappa shape index (κ3) is 7.19. The van der Waals surface area contributed by atoms with E-state index < -0.39 is 5.60 Å². The van der Waals surface area contributed by atoms with Gasteiger partial charge in [-0.1, -0.05) is 0 Å². The molecule has 1 atom stereocenters. The summed E-state index contributed by atoms with van der Waals surface area (Å²) in [5.74, 6) is 0. The van der Waals surface area contributed by atoms with E-state index in [2.05, 4.69) is 12.2 Å². The van der Waals surface area contributed by atoms with Gasteiger partial charge < -0.3 is 15.0 Å². The Morgan fingerprint density at radius 3 is 2.40 bits per heavy atom. The zero-order chi connectivity index (χ0) is 12.1. The quantitative estimate of drug-likeness (QED) is 0.779. The predicted octanol–water partition coefficient (Wildman–Crippen LogP) is 1.85. The first-order chi connectivity index (χ1) is 6.76. The van der Waals surface area contributed by atoms with Gasteiger partial charge in [-0.25, -0.2) is 4.79 Å². The minimum Gasteiger partial charge on any atom is -0.444 e. The topological polar surface area (TPSA) is 41.6 Å². The molecule has 0 aliphatic carbocycles. The Hall–Kier alpha value is -0.770. The molecule has 1 N–H and O–H groups in total. The number of ether oxygens (including phenoxy) is 1. The van der Waals surface area contributed by atoms with E-state index in [1.807, 2.05) is 27.8 Å². The van der Waals surface area contributed by atoms with Gasteiger partial charge in [-0.3, -0.25) is 0 Å². The average Bonchev–Trinajstić information content (AvgIpc) is 2.10. The SMILES string of the molecule is CNC(C)CCN(C)C(=O)OC(C)(C)C. The molecule has 15 heavy (non-hydrogen) atoms. The lowest BCUT2D eigenvalue weighted by atomic mass is 10.2. The van der Waals surface area contributed by atoms with E-state index in [0.717, 1.165) is 6.42 Å². The highest BCUT2D eigenvalue weighted by Gasteiger charge is 2.19. The number of amides is 1. The molecule has 0 spiro atoms. The fraction of sp³-hybridized carbons (Fsp3) is 0.909. The van der Waals surface area contributed by atoms with Gasteiger partial charge in [-0.05, 0) is 41.2 Å². The van der Waals surface area contributed by atoms with Crippen LogP contribution in [0.3, 0.4) is 0 Å². The van der Waals surface area contributed by atoms with Crippen LogP contribution in [0.2, 0.25) is 0 Å². The van der Waals surface area contributed by atoms with Crippen molar-refractivity contribution in [2.24, 2.45) is 0 Å². The van der Waals surface area contributed by atoms with Crippen molar-refractivity contribution in [3.63, 3.8) is 0 Å². The predicted molar refractivity (Wildman–Crippen MR) is 62.0 cm³/mol. The molecule has 0 aliphatic rings. The maximum Gasteiger partial charge on any atom is 0.410 e. The zero-order valence-electron chi connectivity index (χ0n) is 10.8. The highest BCUT2D eigenvalue weighted by molar-refractivity contribution is 5.67. The first-order valence-corrected chi connectivity index (χ1v) is 5.37. The van der Waals surface area contributed by atoms with Crippen LogP contribution in [0.15, 0.2) is 0 Å². The summed E-state index contributed by atoms with van der Waals surface area (Å²) in [5.41, 5.74) is -0.417. The average molecular weight is 216 g/mol. The lowest BCUT2D eigenvalue weighted by molar-refractivity contribution is 0.0294. The Kier molecular flexibility index (Phi) is 5.65.